The van der Waals surface area contributed by atoms with Crippen LogP contribution in [0.25, 0.3) is 11.0 Å². The Morgan fingerprint density at radius 1 is 1.33 bits per heavy atom. The van der Waals surface area contributed by atoms with Gasteiger partial charge in [-0.2, -0.15) is 0 Å². The van der Waals surface area contributed by atoms with E-state index < -0.39 is 17.6 Å². The highest BCUT2D eigenvalue weighted by atomic mass is 79.9. The molecule has 1 unspecified atom stereocenters. The van der Waals surface area contributed by atoms with Crippen molar-refractivity contribution in [3.8, 4) is 0 Å². The lowest BCUT2D eigenvalue weighted by Gasteiger charge is -2.19. The molecule has 1 atom stereocenters. The molecule has 1 saturated carbocycles. The van der Waals surface area contributed by atoms with Crippen molar-refractivity contribution in [2.75, 3.05) is 6.54 Å². The number of carboxylic acid groups (broad SMARTS) is 1. The molecule has 1 aromatic heterocycles. The summed E-state index contributed by atoms with van der Waals surface area (Å²) in [6.45, 7) is -0.0780. The van der Waals surface area contributed by atoms with E-state index in [1.165, 1.54) is 0 Å². The van der Waals surface area contributed by atoms with Crippen LogP contribution in [-0.4, -0.2) is 44.2 Å². The number of hydrogen-bond acceptors (Lipinski definition) is 4. The van der Waals surface area contributed by atoms with Crippen LogP contribution in [0.1, 0.15) is 31.1 Å². The number of aromatic amines is 1. The Kier molecular flexibility index (Phi) is 3.28. The average Bonchev–Trinajstić information content (AvgIpc) is 3.19. The van der Waals surface area contributed by atoms with Crippen LogP contribution in [0.4, 0.5) is 4.79 Å². The van der Waals surface area contributed by atoms with E-state index in [1.807, 2.05) is 18.2 Å². The minimum atomic E-state index is -1.19. The van der Waals surface area contributed by atoms with Gasteiger partial charge in [-0.1, -0.05) is 15.9 Å². The maximum atomic E-state index is 12.3. The number of ketones is 2. The molecule has 1 spiro atoms. The highest BCUT2D eigenvalue weighted by molar-refractivity contribution is 9.10. The smallest absolute Gasteiger partial charge is 0.407 e. The summed E-state index contributed by atoms with van der Waals surface area (Å²) >= 11 is 3.38. The number of amides is 1. The zero-order valence-corrected chi connectivity index (χ0v) is 14.2. The molecule has 2 N–H and O–H groups in total. The molecule has 24 heavy (non-hydrogen) atoms. The zero-order chi connectivity index (χ0) is 17.1. The van der Waals surface area contributed by atoms with Crippen molar-refractivity contribution in [1.29, 1.82) is 0 Å². The maximum Gasteiger partial charge on any atom is 0.407 e. The van der Waals surface area contributed by atoms with Crippen molar-refractivity contribution in [1.82, 2.24) is 14.9 Å². The third kappa shape index (κ3) is 2.09. The number of hydrogen-bond donors (Lipinski definition) is 2. The molecule has 2 fully saturated rings. The Balaban J connectivity index is 1.78. The average molecular weight is 392 g/mol. The summed E-state index contributed by atoms with van der Waals surface area (Å²) in [5.74, 6) is 0.162. The molecule has 7 nitrogen and oxygen atoms in total. The Labute approximate surface area is 145 Å². The number of carbonyl (C=O) groups excluding carboxylic acids is 2. The van der Waals surface area contributed by atoms with E-state index in [1.54, 1.807) is 0 Å². The SMILES string of the molecule is O=C(O)N1CC2(CC1c1nc3ccc(Br)cc3[nH]1)C(=O)CCC2=O. The molecular formula is C16H14BrN3O4. The molecule has 0 bridgehead atoms. The molecule has 0 radical (unpaired) electrons. The molecule has 1 aromatic carbocycles. The van der Waals surface area contributed by atoms with Gasteiger partial charge in [0.2, 0.25) is 0 Å². The second kappa shape index (κ2) is 5.14. The molecule has 8 heteroatoms. The highest BCUT2D eigenvalue weighted by Gasteiger charge is 2.58. The number of nitrogens with one attached hydrogen (secondary N) is 1. The van der Waals surface area contributed by atoms with Gasteiger partial charge in [-0.25, -0.2) is 9.78 Å². The first-order valence-corrected chi connectivity index (χ1v) is 8.41. The summed E-state index contributed by atoms with van der Waals surface area (Å²) in [5.41, 5.74) is 0.293. The molecule has 2 heterocycles. The van der Waals surface area contributed by atoms with E-state index in [-0.39, 0.29) is 37.4 Å². The van der Waals surface area contributed by atoms with Gasteiger partial charge in [0, 0.05) is 23.9 Å². The number of fused-ring (bicyclic) bond motifs is 1. The van der Waals surface area contributed by atoms with Crippen molar-refractivity contribution in [2.24, 2.45) is 5.41 Å². The van der Waals surface area contributed by atoms with E-state index in [0.29, 0.717) is 11.3 Å². The van der Waals surface area contributed by atoms with Crippen molar-refractivity contribution < 1.29 is 19.5 Å². The van der Waals surface area contributed by atoms with Gasteiger partial charge in [-0.05, 0) is 24.6 Å². The second-order valence-electron chi connectivity index (χ2n) is 6.34. The number of halogens is 1. The lowest BCUT2D eigenvalue weighted by molar-refractivity contribution is -0.133. The first-order chi connectivity index (χ1) is 11.4. The quantitative estimate of drug-likeness (QED) is 0.727. The Morgan fingerprint density at radius 2 is 2.04 bits per heavy atom. The number of nitrogens with zero attached hydrogens (tertiary/aromatic N) is 2. The molecule has 1 saturated heterocycles. The van der Waals surface area contributed by atoms with Crippen molar-refractivity contribution in [2.45, 2.75) is 25.3 Å². The second-order valence-corrected chi connectivity index (χ2v) is 7.26. The number of imidazole rings is 1. The van der Waals surface area contributed by atoms with Gasteiger partial charge in [0.25, 0.3) is 0 Å². The fourth-order valence-electron chi connectivity index (χ4n) is 3.78. The number of Topliss-reactive ketones (excluding diaryl/α,β-unsaturated/α-hetero) is 2. The van der Waals surface area contributed by atoms with Crippen molar-refractivity contribution in [3.63, 3.8) is 0 Å². The highest BCUT2D eigenvalue weighted by Crippen LogP contribution is 2.48. The predicted molar refractivity (Wildman–Crippen MR) is 87.6 cm³/mol. The van der Waals surface area contributed by atoms with Crippen LogP contribution in [0.15, 0.2) is 22.7 Å². The predicted octanol–water partition coefficient (Wildman–Crippen LogP) is 2.67. The van der Waals surface area contributed by atoms with Gasteiger partial charge in [0.05, 0.1) is 17.1 Å². The molecule has 124 valence electrons. The van der Waals surface area contributed by atoms with Gasteiger partial charge in [-0.15, -0.1) is 0 Å². The van der Waals surface area contributed by atoms with Gasteiger partial charge in [0.1, 0.15) is 22.8 Å². The van der Waals surface area contributed by atoms with Gasteiger partial charge in [-0.3, -0.25) is 14.5 Å². The van der Waals surface area contributed by atoms with E-state index in [2.05, 4.69) is 25.9 Å². The third-order valence-electron chi connectivity index (χ3n) is 5.03. The number of aromatic nitrogens is 2. The lowest BCUT2D eigenvalue weighted by atomic mass is 9.82. The largest absolute Gasteiger partial charge is 0.465 e. The molecule has 2 aromatic rings. The normalized spacial score (nSPS) is 22.9. The van der Waals surface area contributed by atoms with Crippen LogP contribution in [0.5, 0.6) is 0 Å². The van der Waals surface area contributed by atoms with E-state index in [4.69, 9.17) is 0 Å². The van der Waals surface area contributed by atoms with Crippen molar-refractivity contribution in [3.05, 3.63) is 28.5 Å². The fraction of sp³-hybridized carbons (Fsp3) is 0.375. The monoisotopic (exact) mass is 391 g/mol. The minimum Gasteiger partial charge on any atom is -0.465 e. The molecule has 1 aliphatic heterocycles. The van der Waals surface area contributed by atoms with Crippen LogP contribution in [0, 0.1) is 5.41 Å². The first kappa shape index (κ1) is 15.3. The van der Waals surface area contributed by atoms with E-state index >= 15 is 0 Å². The lowest BCUT2D eigenvalue weighted by Crippen LogP contribution is -2.38. The summed E-state index contributed by atoms with van der Waals surface area (Å²) in [6, 6.07) is 4.90. The van der Waals surface area contributed by atoms with Gasteiger partial charge in [0.15, 0.2) is 0 Å². The summed E-state index contributed by atoms with van der Waals surface area (Å²) in [7, 11) is 0. The van der Waals surface area contributed by atoms with Gasteiger partial charge < -0.3 is 10.1 Å². The molecule has 1 amide bonds. The van der Waals surface area contributed by atoms with E-state index in [0.717, 1.165) is 14.9 Å². The van der Waals surface area contributed by atoms with Crippen LogP contribution in [0.3, 0.4) is 0 Å². The number of likely N-dealkylation sites (tertiary alicyclic amines) is 1. The summed E-state index contributed by atoms with van der Waals surface area (Å²) in [6.07, 6.45) is -0.582. The number of carbonyl (C=O) groups is 3. The topological polar surface area (TPSA) is 103 Å². The third-order valence-corrected chi connectivity index (χ3v) is 5.52. The minimum absolute atomic E-state index is 0.0780. The Hall–Kier alpha value is -2.22. The number of rotatable bonds is 1. The zero-order valence-electron chi connectivity index (χ0n) is 12.6. The number of H-pyrrole nitrogens is 1. The molecule has 4 rings (SSSR count). The van der Waals surface area contributed by atoms with E-state index in [9.17, 15) is 19.5 Å². The Bertz CT molecular complexity index is 875. The van der Waals surface area contributed by atoms with Gasteiger partial charge >= 0.3 is 6.09 Å². The summed E-state index contributed by atoms with van der Waals surface area (Å²) in [4.78, 5) is 45.0. The first-order valence-electron chi connectivity index (χ1n) is 7.62. The Morgan fingerprint density at radius 3 is 2.71 bits per heavy atom. The standard InChI is InChI=1S/C16H14BrN3O4/c17-8-1-2-9-10(5-8)19-14(18-9)11-6-16(7-20(11)15(23)24)12(21)3-4-13(16)22/h1-2,5,11H,3-4,6-7H2,(H,18,19)(H,23,24). The van der Waals surface area contributed by atoms with Crippen LogP contribution in [0.2, 0.25) is 0 Å². The van der Waals surface area contributed by atoms with Crippen LogP contribution < -0.4 is 0 Å². The molecule has 1 aliphatic carbocycles. The summed E-state index contributed by atoms with van der Waals surface area (Å²) < 4.78 is 0.879. The fourth-order valence-corrected chi connectivity index (χ4v) is 4.14. The van der Waals surface area contributed by atoms with Crippen LogP contribution >= 0.6 is 15.9 Å². The number of benzene rings is 1. The van der Waals surface area contributed by atoms with Crippen LogP contribution in [-0.2, 0) is 9.59 Å². The maximum absolute atomic E-state index is 12.3. The molecule has 2 aliphatic rings. The summed E-state index contributed by atoms with van der Waals surface area (Å²) in [5, 5.41) is 9.53. The molecular weight excluding hydrogens is 378 g/mol. The van der Waals surface area contributed by atoms with Crippen molar-refractivity contribution >= 4 is 44.6 Å².